The summed E-state index contributed by atoms with van der Waals surface area (Å²) in [5.41, 5.74) is 28.1. The first kappa shape index (κ1) is 50.1. The number of nitrogens with zero attached hydrogens (tertiary/aromatic N) is 3. The van der Waals surface area contributed by atoms with Crippen LogP contribution in [0.5, 0.6) is 0 Å². The molecule has 0 bridgehead atoms. The number of aromatic nitrogens is 2. The molecule has 0 aliphatic carbocycles. The molecule has 0 atom stereocenters. The second kappa shape index (κ2) is 24.9. The van der Waals surface area contributed by atoms with Gasteiger partial charge in [0.1, 0.15) is 11.3 Å². The summed E-state index contributed by atoms with van der Waals surface area (Å²) in [5, 5.41) is 21.7. The number of aryl methyl sites for hydroxylation is 1. The third-order valence-electron chi connectivity index (χ3n) is 8.90. The van der Waals surface area contributed by atoms with E-state index in [0.29, 0.717) is 44.6 Å². The molecule has 2 heterocycles. The first-order chi connectivity index (χ1) is 32.6. The van der Waals surface area contributed by atoms with E-state index < -0.39 is 10.8 Å². The molecule has 0 radical (unpaired) electrons. The number of thiophene rings is 1. The number of carbonyl (C=O) groups is 4. The first-order valence-electron chi connectivity index (χ1n) is 20.1. The lowest BCUT2D eigenvalue weighted by atomic mass is 10.1. The largest absolute Gasteiger partial charge is 0.399 e. The zero-order valence-electron chi connectivity index (χ0n) is 36.1. The van der Waals surface area contributed by atoms with Crippen molar-refractivity contribution in [3.05, 3.63) is 217 Å². The molecular formula is C49H44BrN11O6S. The van der Waals surface area contributed by atoms with Crippen LogP contribution in [0.1, 0.15) is 45.8 Å². The van der Waals surface area contributed by atoms with Gasteiger partial charge >= 0.3 is 0 Å². The normalized spacial score (nSPS) is 9.91. The quantitative estimate of drug-likeness (QED) is 0.0381. The molecule has 2 aromatic heterocycles. The number of nitro benzene ring substituents is 1. The lowest BCUT2D eigenvalue weighted by molar-refractivity contribution is -0.385. The van der Waals surface area contributed by atoms with Gasteiger partial charge in [-0.3, -0.25) is 34.3 Å². The smallest absolute Gasteiger partial charge is 0.282 e. The van der Waals surface area contributed by atoms with Crippen molar-refractivity contribution >= 4 is 102 Å². The molecular weight excluding hydrogens is 951 g/mol. The van der Waals surface area contributed by atoms with Crippen molar-refractivity contribution in [1.29, 1.82) is 0 Å². The summed E-state index contributed by atoms with van der Waals surface area (Å²) in [6.07, 6.45) is 4.39. The van der Waals surface area contributed by atoms with Crippen LogP contribution >= 0.6 is 27.3 Å². The average Bonchev–Trinajstić information content (AvgIpc) is 3.79. The van der Waals surface area contributed by atoms with Gasteiger partial charge in [0.25, 0.3) is 29.3 Å². The molecule has 0 fully saturated rings. The van der Waals surface area contributed by atoms with Crippen molar-refractivity contribution in [2.24, 2.45) is 0 Å². The third-order valence-corrected chi connectivity index (χ3v) is 10.6. The highest BCUT2D eigenvalue weighted by Crippen LogP contribution is 2.22. The van der Waals surface area contributed by atoms with Gasteiger partial charge in [0, 0.05) is 73.3 Å². The second-order valence-corrected chi connectivity index (χ2v) is 16.2. The molecule has 8 rings (SSSR count). The predicted molar refractivity (Wildman–Crippen MR) is 274 cm³/mol. The Morgan fingerprint density at radius 1 is 0.529 bits per heavy atom. The number of rotatable bonds is 9. The van der Waals surface area contributed by atoms with Crippen molar-refractivity contribution in [2.75, 3.05) is 44.2 Å². The maximum absolute atomic E-state index is 12.0. The number of nitrogens with two attached hydrogens (primary N) is 4. The summed E-state index contributed by atoms with van der Waals surface area (Å²) in [6, 6.07) is 44.3. The van der Waals surface area contributed by atoms with E-state index in [4.69, 9.17) is 22.9 Å². The molecule has 4 amide bonds. The van der Waals surface area contributed by atoms with Crippen LogP contribution < -0.4 is 44.2 Å². The minimum atomic E-state index is -0.585. The van der Waals surface area contributed by atoms with Crippen LogP contribution in [0.4, 0.5) is 51.2 Å². The van der Waals surface area contributed by atoms with E-state index in [-0.39, 0.29) is 34.7 Å². The number of hydrogen-bond acceptors (Lipinski definition) is 13. The maximum atomic E-state index is 12.0. The van der Waals surface area contributed by atoms with Gasteiger partial charge in [0.15, 0.2) is 0 Å². The Balaban J connectivity index is 0.000000170. The Labute approximate surface area is 402 Å². The molecule has 6 aromatic carbocycles. The Morgan fingerprint density at radius 2 is 0.941 bits per heavy atom. The molecule has 0 spiro atoms. The highest BCUT2D eigenvalue weighted by Gasteiger charge is 2.19. The SMILES string of the molecule is Cc1ccc(C(=O)Nc2ccc(N)cc2)s1.Nc1ccc(NC(=O)c2ccccc2Br)cc1.Nc1ccc(NC(=O)c2ccccc2[N+](=O)[O-])cc1.Nc1ccc(NC(=O)c2cnccn2)cc1. The van der Waals surface area contributed by atoms with Crippen LogP contribution in [0, 0.1) is 17.0 Å². The molecule has 0 saturated heterocycles. The molecule has 68 heavy (non-hydrogen) atoms. The minimum Gasteiger partial charge on any atom is -0.399 e. The second-order valence-electron chi connectivity index (χ2n) is 14.1. The molecule has 0 aliphatic rings. The summed E-state index contributed by atoms with van der Waals surface area (Å²) < 4.78 is 0.771. The Morgan fingerprint density at radius 3 is 1.35 bits per heavy atom. The van der Waals surface area contributed by atoms with Gasteiger partial charge in [-0.25, -0.2) is 4.98 Å². The molecule has 19 heteroatoms. The minimum absolute atomic E-state index is 0.0179. The van der Waals surface area contributed by atoms with Crippen molar-refractivity contribution in [3.8, 4) is 0 Å². The van der Waals surface area contributed by atoms with Crippen LogP contribution in [0.3, 0.4) is 0 Å². The number of nitrogen functional groups attached to an aromatic ring is 4. The lowest BCUT2D eigenvalue weighted by Gasteiger charge is -2.06. The number of para-hydroxylation sites is 1. The summed E-state index contributed by atoms with van der Waals surface area (Å²) in [6.45, 7) is 1.98. The fourth-order valence-corrected chi connectivity index (χ4v) is 6.72. The number of halogens is 1. The number of nitro groups is 1. The van der Waals surface area contributed by atoms with Gasteiger partial charge in [-0.1, -0.05) is 24.3 Å². The predicted octanol–water partition coefficient (Wildman–Crippen LogP) is 9.92. The third kappa shape index (κ3) is 15.9. The van der Waals surface area contributed by atoms with Crippen molar-refractivity contribution in [1.82, 2.24) is 9.97 Å². The molecule has 344 valence electrons. The fraction of sp³-hybridized carbons (Fsp3) is 0.0204. The van der Waals surface area contributed by atoms with Crippen LogP contribution in [0.2, 0.25) is 0 Å². The zero-order chi connectivity index (χ0) is 49.0. The number of nitrogens with one attached hydrogen (secondary N) is 4. The van der Waals surface area contributed by atoms with Gasteiger partial charge in [0.05, 0.1) is 21.6 Å². The first-order valence-corrected chi connectivity index (χ1v) is 21.7. The van der Waals surface area contributed by atoms with E-state index in [0.717, 1.165) is 20.7 Å². The van der Waals surface area contributed by atoms with E-state index in [1.54, 1.807) is 109 Å². The molecule has 12 N–H and O–H groups in total. The molecule has 0 saturated carbocycles. The summed E-state index contributed by atoms with van der Waals surface area (Å²) in [7, 11) is 0. The lowest BCUT2D eigenvalue weighted by Crippen LogP contribution is -2.13. The molecule has 17 nitrogen and oxygen atoms in total. The number of hydrogen-bond donors (Lipinski definition) is 8. The Kier molecular flexibility index (Phi) is 18.4. The highest BCUT2D eigenvalue weighted by atomic mass is 79.9. The summed E-state index contributed by atoms with van der Waals surface area (Å²) >= 11 is 4.82. The van der Waals surface area contributed by atoms with Crippen LogP contribution in [-0.2, 0) is 0 Å². The summed E-state index contributed by atoms with van der Waals surface area (Å²) in [5.74, 6) is -1.06. The van der Waals surface area contributed by atoms with Gasteiger partial charge < -0.3 is 44.2 Å². The van der Waals surface area contributed by atoms with Crippen LogP contribution in [0.15, 0.2) is 181 Å². The van der Waals surface area contributed by atoms with Crippen molar-refractivity contribution in [3.63, 3.8) is 0 Å². The Bertz CT molecular complexity index is 2960. The standard InChI is InChI=1S/C13H11BrN2O.C13H11N3O3.C12H12N2OS.C11H10N4O/c14-12-4-2-1-3-11(12)13(17)16-10-7-5-9(15)6-8-10;14-9-5-7-10(8-6-9)15-13(17)11-3-1-2-4-12(11)16(18)19;1-8-2-7-11(16-8)12(15)14-10-5-3-9(13)4-6-10;12-8-1-3-9(4-2-8)15-11(16)10-7-13-5-6-14-10/h1-8H,15H2,(H,16,17);1-8H,14H2,(H,15,17);2-7H,13H2,1H3,(H,14,15);1-7H,12H2,(H,15,16). The highest BCUT2D eigenvalue weighted by molar-refractivity contribution is 9.10. The van der Waals surface area contributed by atoms with Gasteiger partial charge in [-0.2, -0.15) is 0 Å². The monoisotopic (exact) mass is 993 g/mol. The van der Waals surface area contributed by atoms with Crippen LogP contribution in [-0.4, -0.2) is 38.5 Å². The van der Waals surface area contributed by atoms with Crippen molar-refractivity contribution < 1.29 is 24.1 Å². The van der Waals surface area contributed by atoms with E-state index in [9.17, 15) is 29.3 Å². The average molecular weight is 995 g/mol. The fourth-order valence-electron chi connectivity index (χ4n) is 5.49. The van der Waals surface area contributed by atoms with Crippen molar-refractivity contribution in [2.45, 2.75) is 6.92 Å². The topological polar surface area (TPSA) is 289 Å². The number of carbonyl (C=O) groups excluding carboxylic acids is 4. The van der Waals surface area contributed by atoms with E-state index in [1.807, 2.05) is 37.3 Å². The molecule has 0 unspecified atom stereocenters. The number of amides is 4. The molecule has 0 aliphatic heterocycles. The van der Waals surface area contributed by atoms with Gasteiger partial charge in [0.2, 0.25) is 0 Å². The van der Waals surface area contributed by atoms with E-state index in [1.165, 1.54) is 48.1 Å². The molecule has 8 aromatic rings. The zero-order valence-corrected chi connectivity index (χ0v) is 38.5. The summed E-state index contributed by atoms with van der Waals surface area (Å²) in [4.78, 5) is 67.2. The van der Waals surface area contributed by atoms with E-state index in [2.05, 4.69) is 47.2 Å². The Hall–Kier alpha value is -8.94. The number of benzene rings is 6. The van der Waals surface area contributed by atoms with E-state index >= 15 is 0 Å². The van der Waals surface area contributed by atoms with Gasteiger partial charge in [-0.05, 0) is 150 Å². The maximum Gasteiger partial charge on any atom is 0.282 e. The van der Waals surface area contributed by atoms with Gasteiger partial charge in [-0.15, -0.1) is 11.3 Å². The van der Waals surface area contributed by atoms with Crippen LogP contribution in [0.25, 0.3) is 0 Å². The number of anilines is 8.